The van der Waals surface area contributed by atoms with E-state index in [0.29, 0.717) is 12.1 Å². The first-order valence-corrected chi connectivity index (χ1v) is 5.93. The van der Waals surface area contributed by atoms with Crippen LogP contribution in [0, 0.1) is 6.92 Å². The lowest BCUT2D eigenvalue weighted by atomic mass is 10.2. The Bertz CT molecular complexity index is 374. The molecule has 17 heavy (non-hydrogen) atoms. The van der Waals surface area contributed by atoms with Crippen LogP contribution in [0.2, 0.25) is 0 Å². The molecule has 0 saturated carbocycles. The molecule has 1 rings (SSSR count). The second-order valence-corrected chi connectivity index (χ2v) is 4.28. The van der Waals surface area contributed by atoms with Gasteiger partial charge in [0.15, 0.2) is 0 Å². The van der Waals surface area contributed by atoms with E-state index in [2.05, 4.69) is 5.10 Å². The number of hydrogen-bond donors (Lipinski definition) is 1. The molecule has 1 aromatic rings. The molecule has 0 spiro atoms. The fourth-order valence-electron chi connectivity index (χ4n) is 1.65. The number of aromatic nitrogens is 2. The molecule has 0 aromatic carbocycles. The average Bonchev–Trinajstić information content (AvgIpc) is 2.64. The summed E-state index contributed by atoms with van der Waals surface area (Å²) in [5.74, 6) is 0.0135. The van der Waals surface area contributed by atoms with Gasteiger partial charge in [-0.25, -0.2) is 0 Å². The van der Waals surface area contributed by atoms with Gasteiger partial charge in [-0.1, -0.05) is 0 Å². The van der Waals surface area contributed by atoms with Crippen molar-refractivity contribution in [2.75, 3.05) is 20.2 Å². The summed E-state index contributed by atoms with van der Waals surface area (Å²) in [7, 11) is 3.63. The van der Waals surface area contributed by atoms with E-state index in [9.17, 15) is 4.79 Å². The van der Waals surface area contributed by atoms with E-state index in [4.69, 9.17) is 5.11 Å². The van der Waals surface area contributed by atoms with Crippen molar-refractivity contribution in [3.05, 3.63) is 17.5 Å². The lowest BCUT2D eigenvalue weighted by Crippen LogP contribution is -2.28. The monoisotopic (exact) mass is 239 g/mol. The molecule has 96 valence electrons. The molecule has 5 nitrogen and oxygen atoms in total. The Morgan fingerprint density at radius 1 is 1.47 bits per heavy atom. The maximum Gasteiger partial charge on any atom is 0.257 e. The van der Waals surface area contributed by atoms with E-state index in [-0.39, 0.29) is 12.5 Å². The molecule has 1 N–H and O–H groups in total. The molecule has 1 amide bonds. The quantitative estimate of drug-likeness (QED) is 0.752. The van der Waals surface area contributed by atoms with Crippen molar-refractivity contribution < 1.29 is 9.90 Å². The van der Waals surface area contributed by atoms with Crippen molar-refractivity contribution in [3.8, 4) is 0 Å². The van der Waals surface area contributed by atoms with Gasteiger partial charge in [-0.15, -0.1) is 0 Å². The maximum atomic E-state index is 12.1. The van der Waals surface area contributed by atoms with Crippen LogP contribution in [-0.4, -0.2) is 45.9 Å². The second kappa shape index (κ2) is 6.39. The maximum absolute atomic E-state index is 12.1. The summed E-state index contributed by atoms with van der Waals surface area (Å²) in [6.07, 6.45) is 4.28. The summed E-state index contributed by atoms with van der Waals surface area (Å²) in [6, 6.07) is 0. The number of hydrogen-bond acceptors (Lipinski definition) is 3. The fraction of sp³-hybridized carbons (Fsp3) is 0.667. The zero-order valence-electron chi connectivity index (χ0n) is 10.8. The van der Waals surface area contributed by atoms with Crippen LogP contribution in [0.25, 0.3) is 0 Å². The molecule has 0 radical (unpaired) electrons. The Morgan fingerprint density at radius 2 is 2.18 bits per heavy atom. The number of rotatable bonds is 6. The summed E-state index contributed by atoms with van der Waals surface area (Å²) in [6.45, 7) is 2.83. The van der Waals surface area contributed by atoms with E-state index in [1.807, 2.05) is 14.0 Å². The predicted molar refractivity (Wildman–Crippen MR) is 65.8 cm³/mol. The average molecular weight is 239 g/mol. The van der Waals surface area contributed by atoms with Crippen LogP contribution in [0.15, 0.2) is 6.20 Å². The third kappa shape index (κ3) is 3.56. The van der Waals surface area contributed by atoms with Gasteiger partial charge in [-0.05, 0) is 26.2 Å². The summed E-state index contributed by atoms with van der Waals surface area (Å²) in [5, 5.41) is 12.7. The van der Waals surface area contributed by atoms with Crippen LogP contribution in [0.5, 0.6) is 0 Å². The van der Waals surface area contributed by atoms with Crippen molar-refractivity contribution in [2.24, 2.45) is 7.05 Å². The number of amides is 1. The molecule has 0 aliphatic heterocycles. The van der Waals surface area contributed by atoms with E-state index in [0.717, 1.165) is 25.0 Å². The molecule has 0 aliphatic carbocycles. The van der Waals surface area contributed by atoms with Crippen LogP contribution in [0.1, 0.15) is 35.3 Å². The lowest BCUT2D eigenvalue weighted by molar-refractivity contribution is 0.0791. The zero-order valence-corrected chi connectivity index (χ0v) is 10.8. The number of carbonyl (C=O) groups excluding carboxylic acids is 1. The summed E-state index contributed by atoms with van der Waals surface area (Å²) < 4.78 is 1.70. The molecule has 0 saturated heterocycles. The lowest BCUT2D eigenvalue weighted by Gasteiger charge is -2.16. The minimum absolute atomic E-state index is 0.0135. The number of nitrogens with zero attached hydrogens (tertiary/aromatic N) is 3. The van der Waals surface area contributed by atoms with E-state index >= 15 is 0 Å². The summed E-state index contributed by atoms with van der Waals surface area (Å²) >= 11 is 0. The first-order valence-electron chi connectivity index (χ1n) is 5.93. The number of aliphatic hydroxyl groups is 1. The van der Waals surface area contributed by atoms with Crippen LogP contribution < -0.4 is 0 Å². The summed E-state index contributed by atoms with van der Waals surface area (Å²) in [4.78, 5) is 13.8. The summed E-state index contributed by atoms with van der Waals surface area (Å²) in [5.41, 5.74) is 1.55. The van der Waals surface area contributed by atoms with Gasteiger partial charge in [0.2, 0.25) is 0 Å². The molecule has 0 aliphatic rings. The highest BCUT2D eigenvalue weighted by atomic mass is 16.2. The highest BCUT2D eigenvalue weighted by Crippen LogP contribution is 2.09. The van der Waals surface area contributed by atoms with Crippen LogP contribution in [-0.2, 0) is 7.05 Å². The predicted octanol–water partition coefficient (Wildman–Crippen LogP) is 0.963. The molecule has 5 heteroatoms. The number of aliphatic hydroxyl groups excluding tert-OH is 1. The largest absolute Gasteiger partial charge is 0.396 e. The minimum Gasteiger partial charge on any atom is -0.396 e. The molecule has 0 bridgehead atoms. The van der Waals surface area contributed by atoms with Crippen LogP contribution in [0.4, 0.5) is 0 Å². The number of aryl methyl sites for hydroxylation is 1. The highest BCUT2D eigenvalue weighted by molar-refractivity contribution is 5.94. The van der Waals surface area contributed by atoms with Crippen molar-refractivity contribution >= 4 is 5.91 Å². The first-order chi connectivity index (χ1) is 8.07. The van der Waals surface area contributed by atoms with Crippen molar-refractivity contribution in [1.82, 2.24) is 14.7 Å². The van der Waals surface area contributed by atoms with Crippen molar-refractivity contribution in [1.29, 1.82) is 0 Å². The molecular formula is C12H21N3O2. The van der Waals surface area contributed by atoms with Gasteiger partial charge in [0.05, 0.1) is 11.8 Å². The fourth-order valence-corrected chi connectivity index (χ4v) is 1.65. The third-order valence-corrected chi connectivity index (χ3v) is 2.96. The molecule has 1 aromatic heterocycles. The van der Waals surface area contributed by atoms with E-state index < -0.39 is 0 Å². The minimum atomic E-state index is 0.0135. The molecular weight excluding hydrogens is 218 g/mol. The molecule has 0 unspecified atom stereocenters. The van der Waals surface area contributed by atoms with Gasteiger partial charge in [0.25, 0.3) is 5.91 Å². The zero-order chi connectivity index (χ0) is 12.8. The Kier molecular flexibility index (Phi) is 5.15. The van der Waals surface area contributed by atoms with Crippen LogP contribution in [0.3, 0.4) is 0 Å². The van der Waals surface area contributed by atoms with Gasteiger partial charge in [-0.2, -0.15) is 5.10 Å². The Balaban J connectivity index is 2.49. The molecule has 0 atom stereocenters. The van der Waals surface area contributed by atoms with Crippen molar-refractivity contribution in [3.63, 3.8) is 0 Å². The van der Waals surface area contributed by atoms with Gasteiger partial charge < -0.3 is 10.0 Å². The van der Waals surface area contributed by atoms with Gasteiger partial charge in [0, 0.05) is 32.9 Å². The van der Waals surface area contributed by atoms with Gasteiger partial charge in [-0.3, -0.25) is 9.48 Å². The van der Waals surface area contributed by atoms with Gasteiger partial charge >= 0.3 is 0 Å². The Hall–Kier alpha value is -1.36. The third-order valence-electron chi connectivity index (χ3n) is 2.96. The highest BCUT2D eigenvalue weighted by Gasteiger charge is 2.16. The van der Waals surface area contributed by atoms with Crippen LogP contribution >= 0.6 is 0 Å². The Labute approximate surface area is 102 Å². The normalized spacial score (nSPS) is 10.6. The number of unbranched alkanes of at least 4 members (excludes halogenated alkanes) is 2. The second-order valence-electron chi connectivity index (χ2n) is 4.28. The standard InChI is InChI=1S/C12H21N3O2/c1-10-11(9-13-15(10)3)12(17)14(2)7-5-4-6-8-16/h9,16H,4-8H2,1-3H3. The smallest absolute Gasteiger partial charge is 0.257 e. The van der Waals surface area contributed by atoms with Crippen molar-refractivity contribution in [2.45, 2.75) is 26.2 Å². The van der Waals surface area contributed by atoms with E-state index in [1.165, 1.54) is 0 Å². The Morgan fingerprint density at radius 3 is 2.71 bits per heavy atom. The van der Waals surface area contributed by atoms with Gasteiger partial charge in [0.1, 0.15) is 0 Å². The molecule has 1 heterocycles. The first kappa shape index (κ1) is 13.7. The SMILES string of the molecule is Cc1c(C(=O)N(C)CCCCCO)cnn1C. The molecule has 0 fully saturated rings. The van der Waals surface area contributed by atoms with E-state index in [1.54, 1.807) is 22.8 Å². The topological polar surface area (TPSA) is 58.4 Å². The number of carbonyl (C=O) groups is 1.